The molecule has 0 amide bonds. The van der Waals surface area contributed by atoms with Gasteiger partial charge in [-0.2, -0.15) is 0 Å². The molecule has 0 aliphatic carbocycles. The monoisotopic (exact) mass is 268 g/mol. The standard InChI is InChI=1S/C13H16O6/c1-7-2-4-8(5-3-7)18-13-11(15)9(14)6-10(19-13)12(16)17/h2-5,9-11,13-15H,6H2,1H3,(H,16,17)/t9-,10?,11?,13+/m0/s1. The summed E-state index contributed by atoms with van der Waals surface area (Å²) in [6.07, 6.45) is -5.02. The Morgan fingerprint density at radius 3 is 2.53 bits per heavy atom. The predicted octanol–water partition coefficient (Wildman–Crippen LogP) is 0.295. The molecule has 0 aromatic heterocycles. The molecule has 1 saturated heterocycles. The lowest BCUT2D eigenvalue weighted by molar-refractivity contribution is -0.238. The Morgan fingerprint density at radius 2 is 1.95 bits per heavy atom. The van der Waals surface area contributed by atoms with Crippen molar-refractivity contribution in [1.29, 1.82) is 0 Å². The first-order chi connectivity index (χ1) is 8.97. The zero-order valence-corrected chi connectivity index (χ0v) is 10.4. The van der Waals surface area contributed by atoms with E-state index in [9.17, 15) is 15.0 Å². The fourth-order valence-electron chi connectivity index (χ4n) is 1.85. The molecule has 1 heterocycles. The molecule has 104 valence electrons. The van der Waals surface area contributed by atoms with Gasteiger partial charge in [0.1, 0.15) is 11.9 Å². The molecule has 4 atom stereocenters. The zero-order valence-electron chi connectivity index (χ0n) is 10.4. The van der Waals surface area contributed by atoms with Crippen LogP contribution in [0.1, 0.15) is 12.0 Å². The highest BCUT2D eigenvalue weighted by Crippen LogP contribution is 2.24. The van der Waals surface area contributed by atoms with E-state index in [4.69, 9.17) is 14.6 Å². The highest BCUT2D eigenvalue weighted by Gasteiger charge is 2.41. The van der Waals surface area contributed by atoms with E-state index in [1.807, 2.05) is 19.1 Å². The van der Waals surface area contributed by atoms with Crippen LogP contribution in [0.4, 0.5) is 0 Å². The fraction of sp³-hybridized carbons (Fsp3) is 0.462. The van der Waals surface area contributed by atoms with Gasteiger partial charge in [-0.3, -0.25) is 0 Å². The number of benzene rings is 1. The lowest BCUT2D eigenvalue weighted by Gasteiger charge is -2.35. The van der Waals surface area contributed by atoms with Gasteiger partial charge in [0.05, 0.1) is 6.10 Å². The molecule has 1 aliphatic heterocycles. The highest BCUT2D eigenvalue weighted by molar-refractivity contribution is 5.72. The number of aliphatic carboxylic acids is 1. The maximum atomic E-state index is 10.9. The summed E-state index contributed by atoms with van der Waals surface area (Å²) in [6, 6.07) is 7.00. The fourth-order valence-corrected chi connectivity index (χ4v) is 1.85. The van der Waals surface area contributed by atoms with Crippen molar-refractivity contribution in [1.82, 2.24) is 0 Å². The van der Waals surface area contributed by atoms with Gasteiger partial charge in [-0.25, -0.2) is 4.79 Å². The Balaban J connectivity index is 2.08. The third-order valence-electron chi connectivity index (χ3n) is 2.98. The number of aliphatic hydroxyl groups is 2. The Labute approximate surface area is 110 Å². The number of carbonyl (C=O) groups is 1. The molecule has 1 aliphatic rings. The summed E-state index contributed by atoms with van der Waals surface area (Å²) >= 11 is 0. The maximum Gasteiger partial charge on any atom is 0.333 e. The second kappa shape index (κ2) is 5.56. The van der Waals surface area contributed by atoms with Gasteiger partial charge in [-0.1, -0.05) is 17.7 Å². The van der Waals surface area contributed by atoms with Crippen LogP contribution in [0, 0.1) is 6.92 Å². The summed E-state index contributed by atoms with van der Waals surface area (Å²) < 4.78 is 10.5. The largest absolute Gasteiger partial charge is 0.479 e. The molecule has 1 aromatic rings. The van der Waals surface area contributed by atoms with Gasteiger partial charge < -0.3 is 24.8 Å². The molecule has 6 nitrogen and oxygen atoms in total. The number of carboxylic acids is 1. The van der Waals surface area contributed by atoms with E-state index in [2.05, 4.69) is 0 Å². The summed E-state index contributed by atoms with van der Waals surface area (Å²) in [5.74, 6) is -0.753. The molecule has 0 radical (unpaired) electrons. The van der Waals surface area contributed by atoms with Gasteiger partial charge in [-0.05, 0) is 19.1 Å². The Hall–Kier alpha value is -1.63. The van der Waals surface area contributed by atoms with Crippen molar-refractivity contribution in [2.24, 2.45) is 0 Å². The van der Waals surface area contributed by atoms with Crippen LogP contribution in [0.2, 0.25) is 0 Å². The minimum atomic E-state index is -1.28. The van der Waals surface area contributed by atoms with Crippen molar-refractivity contribution in [3.05, 3.63) is 29.8 Å². The van der Waals surface area contributed by atoms with Crippen LogP contribution in [-0.4, -0.2) is 45.9 Å². The molecule has 0 bridgehead atoms. The molecule has 19 heavy (non-hydrogen) atoms. The number of ether oxygens (including phenoxy) is 2. The molecule has 3 N–H and O–H groups in total. The van der Waals surface area contributed by atoms with Gasteiger partial charge in [0, 0.05) is 6.42 Å². The first kappa shape index (κ1) is 13.8. The van der Waals surface area contributed by atoms with Gasteiger partial charge >= 0.3 is 5.97 Å². The van der Waals surface area contributed by atoms with Crippen LogP contribution in [0.25, 0.3) is 0 Å². The molecule has 1 aromatic carbocycles. The van der Waals surface area contributed by atoms with Gasteiger partial charge in [0.25, 0.3) is 0 Å². The average molecular weight is 268 g/mol. The molecule has 6 heteroatoms. The van der Waals surface area contributed by atoms with Crippen molar-refractivity contribution in [2.45, 2.75) is 37.9 Å². The third-order valence-corrected chi connectivity index (χ3v) is 2.98. The van der Waals surface area contributed by atoms with Crippen LogP contribution in [0.15, 0.2) is 24.3 Å². The minimum Gasteiger partial charge on any atom is -0.479 e. The van der Waals surface area contributed by atoms with Crippen LogP contribution in [0.5, 0.6) is 5.75 Å². The van der Waals surface area contributed by atoms with Crippen LogP contribution in [0.3, 0.4) is 0 Å². The number of rotatable bonds is 3. The average Bonchev–Trinajstić information content (AvgIpc) is 2.37. The van der Waals surface area contributed by atoms with Gasteiger partial charge in [-0.15, -0.1) is 0 Å². The first-order valence-corrected chi connectivity index (χ1v) is 5.95. The number of carboxylic acid groups (broad SMARTS) is 1. The quantitative estimate of drug-likeness (QED) is 0.729. The van der Waals surface area contributed by atoms with E-state index in [1.54, 1.807) is 12.1 Å². The van der Waals surface area contributed by atoms with E-state index >= 15 is 0 Å². The lowest BCUT2D eigenvalue weighted by Crippen LogP contribution is -2.52. The summed E-state index contributed by atoms with van der Waals surface area (Å²) in [7, 11) is 0. The second-order valence-corrected chi connectivity index (χ2v) is 4.56. The Kier molecular flexibility index (Phi) is 4.04. The molecule has 1 fully saturated rings. The topological polar surface area (TPSA) is 96.2 Å². The summed E-state index contributed by atoms with van der Waals surface area (Å²) in [6.45, 7) is 1.92. The van der Waals surface area contributed by atoms with E-state index in [1.165, 1.54) is 0 Å². The molecule has 2 unspecified atom stereocenters. The molecule has 2 rings (SSSR count). The Bertz CT molecular complexity index is 443. The van der Waals surface area contributed by atoms with E-state index in [0.29, 0.717) is 5.75 Å². The minimum absolute atomic E-state index is 0.162. The second-order valence-electron chi connectivity index (χ2n) is 4.56. The highest BCUT2D eigenvalue weighted by atomic mass is 16.7. The number of hydrogen-bond acceptors (Lipinski definition) is 5. The summed E-state index contributed by atoms with van der Waals surface area (Å²) in [5, 5.41) is 28.3. The molecular formula is C13H16O6. The van der Waals surface area contributed by atoms with Crippen molar-refractivity contribution < 1.29 is 29.6 Å². The van der Waals surface area contributed by atoms with Crippen LogP contribution < -0.4 is 4.74 Å². The van der Waals surface area contributed by atoms with Gasteiger partial charge in [0.2, 0.25) is 6.29 Å². The lowest BCUT2D eigenvalue weighted by atomic mass is 10.0. The first-order valence-electron chi connectivity index (χ1n) is 5.95. The van der Waals surface area contributed by atoms with E-state index < -0.39 is 30.6 Å². The maximum absolute atomic E-state index is 10.9. The normalized spacial score (nSPS) is 30.9. The molecular weight excluding hydrogens is 252 g/mol. The van der Waals surface area contributed by atoms with Crippen molar-refractivity contribution in [3.63, 3.8) is 0 Å². The smallest absolute Gasteiger partial charge is 0.333 e. The number of aliphatic hydroxyl groups excluding tert-OH is 2. The predicted molar refractivity (Wildman–Crippen MR) is 64.7 cm³/mol. The number of aryl methyl sites for hydroxylation is 1. The zero-order chi connectivity index (χ0) is 14.0. The molecule has 0 saturated carbocycles. The van der Waals surface area contributed by atoms with E-state index in [0.717, 1.165) is 5.56 Å². The summed E-state index contributed by atoms with van der Waals surface area (Å²) in [5.41, 5.74) is 1.04. The van der Waals surface area contributed by atoms with E-state index in [-0.39, 0.29) is 6.42 Å². The molecule has 0 spiro atoms. The number of hydrogen-bond donors (Lipinski definition) is 3. The van der Waals surface area contributed by atoms with Crippen molar-refractivity contribution in [3.8, 4) is 5.75 Å². The Morgan fingerprint density at radius 1 is 1.32 bits per heavy atom. The van der Waals surface area contributed by atoms with Crippen molar-refractivity contribution in [2.75, 3.05) is 0 Å². The summed E-state index contributed by atoms with van der Waals surface area (Å²) in [4.78, 5) is 10.9. The third kappa shape index (κ3) is 3.23. The van der Waals surface area contributed by atoms with Gasteiger partial charge in [0.15, 0.2) is 6.10 Å². The SMILES string of the molecule is Cc1ccc(O[C@@H]2OC(C(=O)O)C[C@H](O)C2O)cc1. The van der Waals surface area contributed by atoms with Crippen molar-refractivity contribution >= 4 is 5.97 Å². The van der Waals surface area contributed by atoms with Crippen LogP contribution in [-0.2, 0) is 9.53 Å². The van der Waals surface area contributed by atoms with Crippen LogP contribution >= 0.6 is 0 Å².